The molecule has 1 heterocycles. The van der Waals surface area contributed by atoms with Crippen LogP contribution in [0.1, 0.15) is 16.1 Å². The summed E-state index contributed by atoms with van der Waals surface area (Å²) < 4.78 is 11.8. The van der Waals surface area contributed by atoms with E-state index in [4.69, 9.17) is 9.15 Å². The van der Waals surface area contributed by atoms with Crippen LogP contribution < -0.4 is 0 Å². The van der Waals surface area contributed by atoms with Crippen LogP contribution in [0.15, 0.2) is 51.4 Å². The maximum Gasteiger partial charge on any atom is 0.331 e. The Bertz CT molecular complexity index is 673. The summed E-state index contributed by atoms with van der Waals surface area (Å²) in [7, 11) is 0. The minimum atomic E-state index is -0.591. The number of benzene rings is 1. The first-order valence-electron chi connectivity index (χ1n) is 5.93. The summed E-state index contributed by atoms with van der Waals surface area (Å²) in [6.45, 7) is -0.291. The molecule has 2 aromatic rings. The van der Waals surface area contributed by atoms with Gasteiger partial charge in [0.1, 0.15) is 5.76 Å². The van der Waals surface area contributed by atoms with Crippen LogP contribution in [0.3, 0.4) is 0 Å². The number of carbonyl (C=O) groups excluding carboxylic acids is 2. The van der Waals surface area contributed by atoms with Crippen molar-refractivity contribution in [2.45, 2.75) is 0 Å². The zero-order chi connectivity index (χ0) is 15.2. The molecular formula is C15H10BrIO4. The van der Waals surface area contributed by atoms with E-state index in [0.717, 1.165) is 8.24 Å². The summed E-state index contributed by atoms with van der Waals surface area (Å²) in [4.78, 5) is 23.3. The third-order valence-corrected chi connectivity index (χ3v) is 3.60. The van der Waals surface area contributed by atoms with Crippen LogP contribution in [0.2, 0.25) is 0 Å². The number of ether oxygens (including phenoxy) is 1. The molecule has 21 heavy (non-hydrogen) atoms. The van der Waals surface area contributed by atoms with Gasteiger partial charge in [0.25, 0.3) is 0 Å². The van der Waals surface area contributed by atoms with Crippen LogP contribution in [0.4, 0.5) is 0 Å². The first kappa shape index (κ1) is 16.0. The summed E-state index contributed by atoms with van der Waals surface area (Å²) in [6.07, 6.45) is 2.72. The quantitative estimate of drug-likeness (QED) is 0.292. The molecule has 0 spiro atoms. The molecule has 0 N–H and O–H groups in total. The second-order valence-corrected chi connectivity index (χ2v) is 5.99. The second-order valence-electron chi connectivity index (χ2n) is 4.01. The molecule has 6 heteroatoms. The number of ketones is 1. The molecule has 0 saturated heterocycles. The molecule has 108 valence electrons. The zero-order valence-electron chi connectivity index (χ0n) is 10.7. The van der Waals surface area contributed by atoms with Crippen molar-refractivity contribution in [2.24, 2.45) is 0 Å². The second kappa shape index (κ2) is 7.56. The largest absolute Gasteiger partial charge is 0.454 e. The molecule has 1 aromatic heterocycles. The van der Waals surface area contributed by atoms with Crippen LogP contribution in [0.25, 0.3) is 6.08 Å². The Balaban J connectivity index is 1.85. The van der Waals surface area contributed by atoms with Crippen molar-refractivity contribution in [3.8, 4) is 0 Å². The van der Waals surface area contributed by atoms with Crippen molar-refractivity contribution < 1.29 is 18.7 Å². The predicted octanol–water partition coefficient (Wildman–Crippen LogP) is 4.09. The molecule has 0 bridgehead atoms. The summed E-state index contributed by atoms with van der Waals surface area (Å²) in [6, 6.07) is 10.4. The fourth-order valence-corrected chi connectivity index (χ4v) is 2.17. The summed E-state index contributed by atoms with van der Waals surface area (Å²) in [5.74, 6) is -0.292. The Labute approximate surface area is 143 Å². The van der Waals surface area contributed by atoms with E-state index >= 15 is 0 Å². The lowest BCUT2D eigenvalue weighted by Gasteiger charge is -2.01. The number of halogens is 2. The van der Waals surface area contributed by atoms with Crippen LogP contribution in [-0.4, -0.2) is 18.4 Å². The molecular weight excluding hydrogens is 451 g/mol. The van der Waals surface area contributed by atoms with Crippen LogP contribution in [0.5, 0.6) is 0 Å². The number of furan rings is 1. The lowest BCUT2D eigenvalue weighted by molar-refractivity contribution is -0.136. The van der Waals surface area contributed by atoms with Gasteiger partial charge in [0.2, 0.25) is 0 Å². The Morgan fingerprint density at radius 3 is 2.52 bits per heavy atom. The van der Waals surface area contributed by atoms with E-state index in [1.165, 1.54) is 12.2 Å². The zero-order valence-corrected chi connectivity index (χ0v) is 14.5. The molecule has 0 fully saturated rings. The van der Waals surface area contributed by atoms with Gasteiger partial charge in [0, 0.05) is 16.1 Å². The highest BCUT2D eigenvalue weighted by Crippen LogP contribution is 2.12. The van der Waals surface area contributed by atoms with Gasteiger partial charge in [0.15, 0.2) is 16.2 Å². The minimum absolute atomic E-state index is 0.253. The molecule has 0 amide bonds. The normalized spacial score (nSPS) is 10.8. The fraction of sp³-hybridized carbons (Fsp3) is 0.0667. The monoisotopic (exact) mass is 460 g/mol. The Hall–Kier alpha value is -1.41. The first-order chi connectivity index (χ1) is 10.0. The van der Waals surface area contributed by atoms with Crippen molar-refractivity contribution in [1.29, 1.82) is 0 Å². The van der Waals surface area contributed by atoms with Gasteiger partial charge in [-0.3, -0.25) is 4.79 Å². The molecule has 0 atom stereocenters. The molecule has 0 saturated carbocycles. The van der Waals surface area contributed by atoms with Crippen molar-refractivity contribution in [2.75, 3.05) is 6.61 Å². The maximum absolute atomic E-state index is 11.8. The number of carbonyl (C=O) groups is 2. The van der Waals surface area contributed by atoms with E-state index in [-0.39, 0.29) is 12.4 Å². The van der Waals surface area contributed by atoms with Gasteiger partial charge in [-0.25, -0.2) is 4.79 Å². The first-order valence-corrected chi connectivity index (χ1v) is 7.81. The van der Waals surface area contributed by atoms with Gasteiger partial charge in [-0.2, -0.15) is 0 Å². The predicted molar refractivity (Wildman–Crippen MR) is 89.9 cm³/mol. The van der Waals surface area contributed by atoms with Crippen molar-refractivity contribution in [3.05, 3.63) is 62.0 Å². The van der Waals surface area contributed by atoms with E-state index in [1.54, 1.807) is 36.4 Å². The van der Waals surface area contributed by atoms with Crippen molar-refractivity contribution in [3.63, 3.8) is 0 Å². The average molecular weight is 461 g/mol. The highest BCUT2D eigenvalue weighted by molar-refractivity contribution is 14.1. The van der Waals surface area contributed by atoms with Crippen LogP contribution >= 0.6 is 38.5 Å². The van der Waals surface area contributed by atoms with E-state index in [9.17, 15) is 9.59 Å². The number of rotatable bonds is 5. The number of esters is 1. The SMILES string of the molecule is O=C(C=Cc1ccc(I)o1)OCC(=O)c1ccc(Br)cc1. The molecule has 0 radical (unpaired) electrons. The van der Waals surface area contributed by atoms with Crippen molar-refractivity contribution >= 4 is 56.3 Å². The van der Waals surface area contributed by atoms with E-state index in [0.29, 0.717) is 11.3 Å². The van der Waals surface area contributed by atoms with Gasteiger partial charge in [0.05, 0.1) is 0 Å². The Morgan fingerprint density at radius 1 is 1.19 bits per heavy atom. The molecule has 4 nitrogen and oxygen atoms in total. The van der Waals surface area contributed by atoms with Gasteiger partial charge in [-0.1, -0.05) is 28.1 Å². The van der Waals surface area contributed by atoms with Crippen LogP contribution in [0, 0.1) is 3.77 Å². The van der Waals surface area contributed by atoms with Gasteiger partial charge in [-0.15, -0.1) is 0 Å². The lowest BCUT2D eigenvalue weighted by Crippen LogP contribution is -2.12. The van der Waals surface area contributed by atoms with E-state index < -0.39 is 5.97 Å². The highest BCUT2D eigenvalue weighted by atomic mass is 127. The number of hydrogen-bond donors (Lipinski definition) is 0. The van der Waals surface area contributed by atoms with Crippen LogP contribution in [-0.2, 0) is 9.53 Å². The molecule has 0 aliphatic rings. The third-order valence-electron chi connectivity index (χ3n) is 2.49. The smallest absolute Gasteiger partial charge is 0.331 e. The third kappa shape index (κ3) is 5.13. The van der Waals surface area contributed by atoms with E-state index in [1.807, 2.05) is 22.6 Å². The molecule has 1 aromatic carbocycles. The van der Waals surface area contributed by atoms with Gasteiger partial charge in [-0.05, 0) is 52.9 Å². The molecule has 0 aliphatic carbocycles. The van der Waals surface area contributed by atoms with E-state index in [2.05, 4.69) is 15.9 Å². The minimum Gasteiger partial charge on any atom is -0.454 e. The number of hydrogen-bond acceptors (Lipinski definition) is 4. The molecule has 0 aliphatic heterocycles. The maximum atomic E-state index is 11.8. The fourth-order valence-electron chi connectivity index (χ4n) is 1.47. The summed E-state index contributed by atoms with van der Waals surface area (Å²) >= 11 is 5.31. The Morgan fingerprint density at radius 2 is 1.90 bits per heavy atom. The highest BCUT2D eigenvalue weighted by Gasteiger charge is 2.08. The van der Waals surface area contributed by atoms with Crippen molar-refractivity contribution in [1.82, 2.24) is 0 Å². The van der Waals surface area contributed by atoms with Gasteiger partial charge < -0.3 is 9.15 Å². The number of Topliss-reactive ketones (excluding diaryl/α,β-unsaturated/α-hetero) is 1. The summed E-state index contributed by atoms with van der Waals surface area (Å²) in [5.41, 5.74) is 0.496. The van der Waals surface area contributed by atoms with Gasteiger partial charge >= 0.3 is 5.97 Å². The summed E-state index contributed by atoms with van der Waals surface area (Å²) in [5, 5.41) is 0. The standard InChI is InChI=1S/C15H10BrIO4/c16-11-3-1-10(2-4-11)13(18)9-20-15(19)8-6-12-5-7-14(17)21-12/h1-8H,9H2. The molecule has 0 unspecified atom stereocenters. The average Bonchev–Trinajstić information content (AvgIpc) is 2.89. The Kier molecular flexibility index (Phi) is 5.75. The lowest BCUT2D eigenvalue weighted by atomic mass is 10.1. The topological polar surface area (TPSA) is 56.5 Å². The molecule has 2 rings (SSSR count).